The number of Topliss-reactive ketones (excluding diaryl/α,β-unsaturated/α-hetero) is 1. The Morgan fingerprint density at radius 1 is 1.17 bits per heavy atom. The van der Waals surface area contributed by atoms with Crippen molar-refractivity contribution in [2.45, 2.75) is 75.4 Å². The summed E-state index contributed by atoms with van der Waals surface area (Å²) in [6, 6.07) is 5.85. The molecule has 2 N–H and O–H groups in total. The fourth-order valence-electron chi connectivity index (χ4n) is 3.39. The molecule has 1 fully saturated rings. The fourth-order valence-corrected chi connectivity index (χ4v) is 5.15. The average Bonchev–Trinajstić information content (AvgIpc) is 2.60. The number of ether oxygens (including phenoxy) is 1. The van der Waals surface area contributed by atoms with Crippen molar-refractivity contribution in [1.29, 1.82) is 0 Å². The van der Waals surface area contributed by atoms with Crippen LogP contribution in [-0.2, 0) is 14.6 Å². The Kier molecular flexibility index (Phi) is 7.45. The molecule has 7 nitrogen and oxygen atoms in total. The summed E-state index contributed by atoms with van der Waals surface area (Å²) in [6.45, 7) is 5.32. The highest BCUT2D eigenvalue weighted by Crippen LogP contribution is 2.31. The van der Waals surface area contributed by atoms with E-state index >= 15 is 0 Å². The summed E-state index contributed by atoms with van der Waals surface area (Å²) < 4.78 is 30.6. The molecule has 0 radical (unpaired) electrons. The first-order valence-corrected chi connectivity index (χ1v) is 11.6. The second-order valence-electron chi connectivity index (χ2n) is 8.67. The van der Waals surface area contributed by atoms with E-state index in [4.69, 9.17) is 4.74 Å². The van der Waals surface area contributed by atoms with Crippen LogP contribution in [0.1, 0.15) is 69.7 Å². The molecule has 0 heterocycles. The molecule has 0 aromatic heterocycles. The molecule has 1 aliphatic rings. The van der Waals surface area contributed by atoms with Crippen molar-refractivity contribution in [3.05, 3.63) is 29.8 Å². The van der Waals surface area contributed by atoms with Crippen molar-refractivity contribution in [3.63, 3.8) is 0 Å². The van der Waals surface area contributed by atoms with Gasteiger partial charge in [0, 0.05) is 18.5 Å². The molecule has 1 saturated carbocycles. The summed E-state index contributed by atoms with van der Waals surface area (Å²) in [5.74, 6) is -0.618. The number of amides is 1. The van der Waals surface area contributed by atoms with E-state index in [9.17, 15) is 23.1 Å². The highest BCUT2D eigenvalue weighted by molar-refractivity contribution is 7.91. The second-order valence-corrected chi connectivity index (χ2v) is 10.7. The maximum Gasteiger partial charge on any atom is 0.407 e. The van der Waals surface area contributed by atoms with Crippen molar-refractivity contribution < 1.29 is 27.9 Å². The monoisotopic (exact) mass is 425 g/mol. The number of sulfone groups is 1. The van der Waals surface area contributed by atoms with E-state index in [0.717, 1.165) is 19.3 Å². The molecular weight excluding hydrogens is 394 g/mol. The zero-order chi connectivity index (χ0) is 21.7. The predicted molar refractivity (Wildman–Crippen MR) is 110 cm³/mol. The molecule has 0 aliphatic heterocycles. The normalized spacial score (nSPS) is 16.8. The van der Waals surface area contributed by atoms with Gasteiger partial charge in [0.25, 0.3) is 0 Å². The summed E-state index contributed by atoms with van der Waals surface area (Å²) in [5, 5.41) is 13.1. The van der Waals surface area contributed by atoms with Gasteiger partial charge in [0.15, 0.2) is 15.6 Å². The van der Waals surface area contributed by atoms with Crippen LogP contribution in [-0.4, -0.2) is 48.9 Å². The summed E-state index contributed by atoms with van der Waals surface area (Å²) in [6.07, 6.45) is 2.99. The average molecular weight is 426 g/mol. The van der Waals surface area contributed by atoms with Gasteiger partial charge >= 0.3 is 6.09 Å². The third-order valence-corrected chi connectivity index (χ3v) is 6.67. The van der Waals surface area contributed by atoms with Gasteiger partial charge in [-0.2, -0.15) is 0 Å². The van der Waals surface area contributed by atoms with Crippen LogP contribution in [0.25, 0.3) is 0 Å². The van der Waals surface area contributed by atoms with Crippen LogP contribution in [0.3, 0.4) is 0 Å². The minimum absolute atomic E-state index is 0.0205. The SMILES string of the molecule is CC(C)(C)OC(=O)NCCC(=O)c1cccc(S(=O)(=O)CC2(O)CCCCC2)c1. The molecule has 8 heteroatoms. The first-order chi connectivity index (χ1) is 13.4. The number of alkyl carbamates (subject to hydrolysis) is 1. The van der Waals surface area contributed by atoms with E-state index in [2.05, 4.69) is 5.32 Å². The topological polar surface area (TPSA) is 110 Å². The van der Waals surface area contributed by atoms with Gasteiger partial charge in [0.1, 0.15) is 5.60 Å². The molecule has 0 atom stereocenters. The molecule has 0 spiro atoms. The molecule has 0 saturated heterocycles. The second kappa shape index (κ2) is 9.26. The lowest BCUT2D eigenvalue weighted by molar-refractivity contribution is 0.0257. The smallest absolute Gasteiger partial charge is 0.407 e. The van der Waals surface area contributed by atoms with Gasteiger partial charge in [-0.15, -0.1) is 0 Å². The minimum atomic E-state index is -3.72. The van der Waals surface area contributed by atoms with Crippen LogP contribution in [0, 0.1) is 0 Å². The van der Waals surface area contributed by atoms with Crippen LogP contribution < -0.4 is 5.32 Å². The van der Waals surface area contributed by atoms with Crippen LogP contribution in [0.2, 0.25) is 0 Å². The minimum Gasteiger partial charge on any atom is -0.444 e. The molecule has 1 amide bonds. The first-order valence-electron chi connectivity index (χ1n) is 9.96. The first kappa shape index (κ1) is 23.3. The summed E-state index contributed by atoms with van der Waals surface area (Å²) >= 11 is 0. The Morgan fingerprint density at radius 2 is 1.83 bits per heavy atom. The van der Waals surface area contributed by atoms with Crippen molar-refractivity contribution in [1.82, 2.24) is 5.32 Å². The van der Waals surface area contributed by atoms with Gasteiger partial charge < -0.3 is 15.2 Å². The summed E-state index contributed by atoms with van der Waals surface area (Å²) in [4.78, 5) is 24.1. The van der Waals surface area contributed by atoms with Crippen molar-refractivity contribution in [2.75, 3.05) is 12.3 Å². The molecule has 1 aliphatic carbocycles. The number of aliphatic hydroxyl groups is 1. The third kappa shape index (κ3) is 7.44. The van der Waals surface area contributed by atoms with Gasteiger partial charge in [-0.3, -0.25) is 4.79 Å². The Hall–Kier alpha value is -1.93. The van der Waals surface area contributed by atoms with Gasteiger partial charge in [-0.25, -0.2) is 13.2 Å². The van der Waals surface area contributed by atoms with Gasteiger partial charge in [-0.05, 0) is 45.7 Å². The Bertz CT molecular complexity index is 835. The number of benzene rings is 1. The van der Waals surface area contributed by atoms with Crippen molar-refractivity contribution >= 4 is 21.7 Å². The molecule has 29 heavy (non-hydrogen) atoms. The maximum absolute atomic E-state index is 12.8. The highest BCUT2D eigenvalue weighted by Gasteiger charge is 2.35. The van der Waals surface area contributed by atoms with Gasteiger partial charge in [-0.1, -0.05) is 31.4 Å². The number of hydrogen-bond donors (Lipinski definition) is 2. The lowest BCUT2D eigenvalue weighted by Gasteiger charge is -2.31. The third-order valence-electron chi connectivity index (χ3n) is 4.78. The molecule has 0 unspecified atom stereocenters. The van der Waals surface area contributed by atoms with Crippen molar-refractivity contribution in [3.8, 4) is 0 Å². The molecule has 162 valence electrons. The summed E-state index contributed by atoms with van der Waals surface area (Å²) in [5.41, 5.74) is -1.57. The van der Waals surface area contributed by atoms with Crippen LogP contribution in [0.15, 0.2) is 29.2 Å². The highest BCUT2D eigenvalue weighted by atomic mass is 32.2. The number of ketones is 1. The lowest BCUT2D eigenvalue weighted by atomic mass is 9.86. The zero-order valence-electron chi connectivity index (χ0n) is 17.4. The number of carbonyl (C=O) groups is 2. The van der Waals surface area contributed by atoms with Crippen LogP contribution in [0.4, 0.5) is 4.79 Å². The molecule has 1 aromatic carbocycles. The van der Waals surface area contributed by atoms with E-state index in [1.54, 1.807) is 26.8 Å². The van der Waals surface area contributed by atoms with E-state index in [1.165, 1.54) is 18.2 Å². The van der Waals surface area contributed by atoms with Crippen LogP contribution >= 0.6 is 0 Å². The molecule has 0 bridgehead atoms. The largest absolute Gasteiger partial charge is 0.444 e. The molecule has 2 rings (SSSR count). The Balaban J connectivity index is 1.99. The lowest BCUT2D eigenvalue weighted by Crippen LogP contribution is -2.39. The fraction of sp³-hybridized carbons (Fsp3) is 0.619. The predicted octanol–water partition coefficient (Wildman–Crippen LogP) is 3.25. The standard InChI is InChI=1S/C21H31NO6S/c1-20(2,3)28-19(24)22-13-10-18(23)16-8-7-9-17(14-16)29(26,27)15-21(25)11-5-4-6-12-21/h7-9,14,25H,4-6,10-13,15H2,1-3H3,(H,22,24). The number of rotatable bonds is 7. The van der Waals surface area contributed by atoms with E-state index in [-0.39, 0.29) is 35.0 Å². The van der Waals surface area contributed by atoms with E-state index in [0.29, 0.717) is 12.8 Å². The molecule has 1 aromatic rings. The molecular formula is C21H31NO6S. The quantitative estimate of drug-likeness (QED) is 0.649. The number of carbonyl (C=O) groups excluding carboxylic acids is 2. The number of hydrogen-bond acceptors (Lipinski definition) is 6. The van der Waals surface area contributed by atoms with Crippen LogP contribution in [0.5, 0.6) is 0 Å². The van der Waals surface area contributed by atoms with E-state index in [1.807, 2.05) is 0 Å². The Labute approximate surface area is 172 Å². The Morgan fingerprint density at radius 3 is 2.45 bits per heavy atom. The van der Waals surface area contributed by atoms with E-state index < -0.39 is 27.1 Å². The van der Waals surface area contributed by atoms with Gasteiger partial charge in [0.05, 0.1) is 16.2 Å². The van der Waals surface area contributed by atoms with Crippen molar-refractivity contribution in [2.24, 2.45) is 0 Å². The zero-order valence-corrected chi connectivity index (χ0v) is 18.2. The maximum atomic E-state index is 12.8. The number of nitrogens with one attached hydrogen (secondary N) is 1. The van der Waals surface area contributed by atoms with Gasteiger partial charge in [0.2, 0.25) is 0 Å². The summed E-state index contributed by atoms with van der Waals surface area (Å²) in [7, 11) is -3.72.